The fourth-order valence-corrected chi connectivity index (χ4v) is 1.85. The molecule has 0 saturated heterocycles. The van der Waals surface area contributed by atoms with Gasteiger partial charge in [0.25, 0.3) is 0 Å². The Balaban J connectivity index is 2.31. The molecule has 4 nitrogen and oxygen atoms in total. The van der Waals surface area contributed by atoms with Gasteiger partial charge in [-0.25, -0.2) is 9.97 Å². The van der Waals surface area contributed by atoms with Gasteiger partial charge in [0.2, 0.25) is 0 Å². The number of nitrogens with one attached hydrogen (secondary N) is 1. The first-order chi connectivity index (χ1) is 8.02. The number of nitrogens with two attached hydrogens (primary N) is 1. The summed E-state index contributed by atoms with van der Waals surface area (Å²) < 4.78 is 0. The Morgan fingerprint density at radius 1 is 0.941 bits per heavy atom. The summed E-state index contributed by atoms with van der Waals surface area (Å²) in [6, 6.07) is 8.00. The van der Waals surface area contributed by atoms with E-state index in [-0.39, 0.29) is 0 Å². The minimum absolute atomic E-state index is 0.476. The monoisotopic (exact) mass is 228 g/mol. The second-order valence-electron chi connectivity index (χ2n) is 4.23. The van der Waals surface area contributed by atoms with Crippen molar-refractivity contribution in [2.45, 2.75) is 20.8 Å². The quantitative estimate of drug-likeness (QED) is 0.829. The zero-order valence-electron chi connectivity index (χ0n) is 10.3. The summed E-state index contributed by atoms with van der Waals surface area (Å²) in [6.07, 6.45) is 0. The number of hydrogen-bond donors (Lipinski definition) is 2. The summed E-state index contributed by atoms with van der Waals surface area (Å²) in [5.74, 6) is 1.86. The molecule has 0 amide bonds. The van der Waals surface area contributed by atoms with E-state index in [9.17, 15) is 0 Å². The first kappa shape index (κ1) is 11.4. The van der Waals surface area contributed by atoms with E-state index in [2.05, 4.69) is 47.3 Å². The number of nitrogens with zero attached hydrogens (tertiary/aromatic N) is 2. The van der Waals surface area contributed by atoms with Crippen LogP contribution in [0.15, 0.2) is 24.3 Å². The molecule has 2 rings (SSSR count). The Kier molecular flexibility index (Phi) is 2.95. The summed E-state index contributed by atoms with van der Waals surface area (Å²) in [5.41, 5.74) is 9.12. The Bertz CT molecular complexity index is 459. The van der Waals surface area contributed by atoms with Crippen LogP contribution in [0, 0.1) is 20.8 Å². The molecule has 1 aromatic carbocycles. The Morgan fingerprint density at radius 3 is 2.18 bits per heavy atom. The third kappa shape index (κ3) is 2.93. The van der Waals surface area contributed by atoms with Gasteiger partial charge in [0.05, 0.1) is 0 Å². The fourth-order valence-electron chi connectivity index (χ4n) is 1.85. The average molecular weight is 228 g/mol. The summed E-state index contributed by atoms with van der Waals surface area (Å²) in [5, 5.41) is 3.24. The third-order valence-electron chi connectivity index (χ3n) is 2.35. The van der Waals surface area contributed by atoms with Crippen molar-refractivity contribution in [2.24, 2.45) is 0 Å². The zero-order chi connectivity index (χ0) is 12.4. The molecule has 88 valence electrons. The number of hydrogen-bond acceptors (Lipinski definition) is 4. The minimum Gasteiger partial charge on any atom is -0.384 e. The van der Waals surface area contributed by atoms with Crippen molar-refractivity contribution < 1.29 is 0 Å². The molecule has 2 aromatic rings. The van der Waals surface area contributed by atoms with E-state index in [1.165, 1.54) is 11.1 Å². The topological polar surface area (TPSA) is 63.8 Å². The molecule has 0 radical (unpaired) electrons. The van der Waals surface area contributed by atoms with Gasteiger partial charge in [-0.15, -0.1) is 0 Å². The van der Waals surface area contributed by atoms with Gasteiger partial charge < -0.3 is 11.1 Å². The van der Waals surface area contributed by atoms with Gasteiger partial charge in [0, 0.05) is 11.8 Å². The maximum atomic E-state index is 5.68. The number of aromatic nitrogens is 2. The number of aryl methyl sites for hydroxylation is 3. The Hall–Kier alpha value is -2.10. The van der Waals surface area contributed by atoms with Crippen LogP contribution in [-0.4, -0.2) is 9.97 Å². The summed E-state index contributed by atoms with van der Waals surface area (Å²) in [4.78, 5) is 8.32. The van der Waals surface area contributed by atoms with Gasteiger partial charge in [-0.2, -0.15) is 0 Å². The lowest BCUT2D eigenvalue weighted by Gasteiger charge is -2.08. The first-order valence-corrected chi connectivity index (χ1v) is 5.49. The second kappa shape index (κ2) is 4.41. The second-order valence-corrected chi connectivity index (χ2v) is 4.23. The molecule has 1 heterocycles. The predicted molar refractivity (Wildman–Crippen MR) is 70.4 cm³/mol. The first-order valence-electron chi connectivity index (χ1n) is 5.49. The zero-order valence-corrected chi connectivity index (χ0v) is 10.3. The fraction of sp³-hybridized carbons (Fsp3) is 0.231. The third-order valence-corrected chi connectivity index (χ3v) is 2.35. The summed E-state index contributed by atoms with van der Waals surface area (Å²) in [6.45, 7) is 5.96. The van der Waals surface area contributed by atoms with E-state index in [0.717, 1.165) is 11.5 Å². The Labute approximate surface area is 101 Å². The molecule has 1 aromatic heterocycles. The van der Waals surface area contributed by atoms with Gasteiger partial charge in [-0.3, -0.25) is 0 Å². The SMILES string of the molecule is Cc1cc(C)cc(Nc2cc(N)nc(C)n2)c1. The lowest BCUT2D eigenvalue weighted by Crippen LogP contribution is -2.00. The smallest absolute Gasteiger partial charge is 0.136 e. The van der Waals surface area contributed by atoms with E-state index < -0.39 is 0 Å². The Morgan fingerprint density at radius 2 is 1.59 bits per heavy atom. The minimum atomic E-state index is 0.476. The average Bonchev–Trinajstić information content (AvgIpc) is 2.13. The van der Waals surface area contributed by atoms with E-state index >= 15 is 0 Å². The van der Waals surface area contributed by atoms with Crippen molar-refractivity contribution in [3.05, 3.63) is 41.2 Å². The van der Waals surface area contributed by atoms with Crippen LogP contribution in [0.25, 0.3) is 0 Å². The van der Waals surface area contributed by atoms with Crippen molar-refractivity contribution in [3.63, 3.8) is 0 Å². The van der Waals surface area contributed by atoms with Crippen molar-refractivity contribution in [1.29, 1.82) is 0 Å². The molecule has 0 spiro atoms. The van der Waals surface area contributed by atoms with Crippen molar-refractivity contribution in [3.8, 4) is 0 Å². The highest BCUT2D eigenvalue weighted by molar-refractivity contribution is 5.60. The maximum absolute atomic E-state index is 5.68. The van der Waals surface area contributed by atoms with Crippen LogP contribution in [0.5, 0.6) is 0 Å². The molecule has 0 unspecified atom stereocenters. The molecule has 4 heteroatoms. The maximum Gasteiger partial charge on any atom is 0.136 e. The van der Waals surface area contributed by atoms with E-state index in [1.54, 1.807) is 6.07 Å². The van der Waals surface area contributed by atoms with Crippen molar-refractivity contribution in [2.75, 3.05) is 11.1 Å². The van der Waals surface area contributed by atoms with Crippen LogP contribution in [0.1, 0.15) is 17.0 Å². The molecule has 0 aliphatic carbocycles. The molecule has 3 N–H and O–H groups in total. The van der Waals surface area contributed by atoms with Crippen LogP contribution < -0.4 is 11.1 Å². The summed E-state index contributed by atoms with van der Waals surface area (Å²) >= 11 is 0. The normalized spacial score (nSPS) is 10.3. The molecular weight excluding hydrogens is 212 g/mol. The van der Waals surface area contributed by atoms with Crippen molar-refractivity contribution >= 4 is 17.3 Å². The molecular formula is C13H16N4. The standard InChI is InChI=1S/C13H16N4/c1-8-4-9(2)6-11(5-8)17-13-7-12(14)15-10(3)16-13/h4-7H,1-3H3,(H3,14,15,16,17). The molecule has 0 fully saturated rings. The van der Waals surface area contributed by atoms with Crippen LogP contribution in [0.4, 0.5) is 17.3 Å². The van der Waals surface area contributed by atoms with Gasteiger partial charge in [0.15, 0.2) is 0 Å². The van der Waals surface area contributed by atoms with E-state index in [1.807, 2.05) is 6.92 Å². The molecule has 0 bridgehead atoms. The van der Waals surface area contributed by atoms with Crippen LogP contribution in [-0.2, 0) is 0 Å². The number of anilines is 3. The molecule has 0 atom stereocenters. The number of benzene rings is 1. The van der Waals surface area contributed by atoms with E-state index in [4.69, 9.17) is 5.73 Å². The van der Waals surface area contributed by atoms with Crippen LogP contribution in [0.2, 0.25) is 0 Å². The number of nitrogen functional groups attached to an aromatic ring is 1. The van der Waals surface area contributed by atoms with Gasteiger partial charge >= 0.3 is 0 Å². The molecule has 17 heavy (non-hydrogen) atoms. The van der Waals surface area contributed by atoms with Crippen molar-refractivity contribution in [1.82, 2.24) is 9.97 Å². The highest BCUT2D eigenvalue weighted by atomic mass is 15.0. The van der Waals surface area contributed by atoms with Gasteiger partial charge in [-0.05, 0) is 44.0 Å². The molecule has 0 aliphatic rings. The van der Waals surface area contributed by atoms with Gasteiger partial charge in [-0.1, -0.05) is 6.07 Å². The molecule has 0 aliphatic heterocycles. The van der Waals surface area contributed by atoms with Crippen LogP contribution >= 0.6 is 0 Å². The lowest BCUT2D eigenvalue weighted by molar-refractivity contribution is 1.06. The predicted octanol–water partition coefficient (Wildman–Crippen LogP) is 2.73. The molecule has 0 saturated carbocycles. The lowest BCUT2D eigenvalue weighted by atomic mass is 10.1. The highest BCUT2D eigenvalue weighted by Gasteiger charge is 2.01. The van der Waals surface area contributed by atoms with Crippen LogP contribution in [0.3, 0.4) is 0 Å². The number of rotatable bonds is 2. The highest BCUT2D eigenvalue weighted by Crippen LogP contribution is 2.19. The largest absolute Gasteiger partial charge is 0.384 e. The summed E-state index contributed by atoms with van der Waals surface area (Å²) in [7, 11) is 0. The van der Waals surface area contributed by atoms with E-state index in [0.29, 0.717) is 11.6 Å². The van der Waals surface area contributed by atoms with Gasteiger partial charge in [0.1, 0.15) is 17.5 Å².